The lowest BCUT2D eigenvalue weighted by atomic mass is 10.2. The van der Waals surface area contributed by atoms with Crippen LogP contribution in [0.4, 0.5) is 13.2 Å². The van der Waals surface area contributed by atoms with E-state index in [4.69, 9.17) is 19.9 Å². The van der Waals surface area contributed by atoms with Gasteiger partial charge in [-0.2, -0.15) is 18.4 Å². The molecule has 0 aliphatic carbocycles. The van der Waals surface area contributed by atoms with E-state index >= 15 is 0 Å². The highest BCUT2D eigenvalue weighted by Crippen LogP contribution is 2.14. The third-order valence-electron chi connectivity index (χ3n) is 1.47. The molecule has 1 N–H and O–H groups in total. The minimum absolute atomic E-state index is 0.574. The van der Waals surface area contributed by atoms with Crippen molar-refractivity contribution in [2.24, 2.45) is 0 Å². The van der Waals surface area contributed by atoms with Crippen LogP contribution in [0.15, 0.2) is 24.3 Å². The van der Waals surface area contributed by atoms with E-state index in [0.717, 1.165) is 0 Å². The van der Waals surface area contributed by atoms with Crippen LogP contribution in [0.3, 0.4) is 0 Å². The quantitative estimate of drug-likeness (QED) is 0.825. The molecule has 4 nitrogen and oxygen atoms in total. The molecular formula is C10H8F3NO3. The zero-order valence-electron chi connectivity index (χ0n) is 8.65. The van der Waals surface area contributed by atoms with Crippen molar-refractivity contribution in [1.82, 2.24) is 0 Å². The van der Waals surface area contributed by atoms with Crippen molar-refractivity contribution in [3.05, 3.63) is 29.8 Å². The number of rotatable bonds is 1. The molecule has 0 atom stereocenters. The number of ether oxygens (including phenoxy) is 1. The van der Waals surface area contributed by atoms with Crippen LogP contribution in [-0.2, 0) is 4.79 Å². The second kappa shape index (κ2) is 6.37. The molecule has 0 heterocycles. The Hall–Kier alpha value is -2.23. The van der Waals surface area contributed by atoms with E-state index in [1.54, 1.807) is 25.3 Å². The summed E-state index contributed by atoms with van der Waals surface area (Å²) >= 11 is 0. The number of hydrogen-bond acceptors (Lipinski definition) is 3. The summed E-state index contributed by atoms with van der Waals surface area (Å²) in [5.74, 6) is -2.13. The lowest BCUT2D eigenvalue weighted by Gasteiger charge is -1.98. The molecule has 0 spiro atoms. The molecule has 0 amide bonds. The molecule has 1 rings (SSSR count). The third-order valence-corrected chi connectivity index (χ3v) is 1.47. The summed E-state index contributed by atoms with van der Waals surface area (Å²) in [6, 6.07) is 9.14. The summed E-state index contributed by atoms with van der Waals surface area (Å²) in [6.07, 6.45) is -5.08. The molecule has 0 radical (unpaired) electrons. The number of carbonyl (C=O) groups is 1. The van der Waals surface area contributed by atoms with Crippen LogP contribution < -0.4 is 4.74 Å². The van der Waals surface area contributed by atoms with Crippen LogP contribution >= 0.6 is 0 Å². The van der Waals surface area contributed by atoms with Gasteiger partial charge in [-0.05, 0) is 12.1 Å². The Kier molecular flexibility index (Phi) is 5.54. The Morgan fingerprint density at radius 1 is 1.41 bits per heavy atom. The molecule has 0 saturated carbocycles. The van der Waals surface area contributed by atoms with Crippen molar-refractivity contribution in [3.63, 3.8) is 0 Å². The molecule has 0 aliphatic heterocycles. The molecule has 1 aromatic carbocycles. The highest BCUT2D eigenvalue weighted by atomic mass is 19.4. The van der Waals surface area contributed by atoms with Gasteiger partial charge in [0.05, 0.1) is 12.7 Å². The first-order valence-electron chi connectivity index (χ1n) is 4.16. The van der Waals surface area contributed by atoms with Gasteiger partial charge in [0.15, 0.2) is 0 Å². The fourth-order valence-electron chi connectivity index (χ4n) is 0.737. The van der Waals surface area contributed by atoms with E-state index in [0.29, 0.717) is 11.3 Å². The first-order valence-corrected chi connectivity index (χ1v) is 4.16. The van der Waals surface area contributed by atoms with E-state index < -0.39 is 12.1 Å². The highest BCUT2D eigenvalue weighted by Gasteiger charge is 2.38. The van der Waals surface area contributed by atoms with Gasteiger partial charge in [-0.3, -0.25) is 0 Å². The van der Waals surface area contributed by atoms with Gasteiger partial charge in [-0.15, -0.1) is 0 Å². The van der Waals surface area contributed by atoms with E-state index in [2.05, 4.69) is 0 Å². The topological polar surface area (TPSA) is 70.3 Å². The van der Waals surface area contributed by atoms with E-state index in [1.165, 1.54) is 0 Å². The zero-order valence-corrected chi connectivity index (χ0v) is 8.65. The number of carboxylic acids is 1. The van der Waals surface area contributed by atoms with Crippen molar-refractivity contribution in [2.75, 3.05) is 7.11 Å². The molecule has 1 aromatic rings. The average molecular weight is 247 g/mol. The minimum atomic E-state index is -5.08. The van der Waals surface area contributed by atoms with Crippen LogP contribution in [-0.4, -0.2) is 24.4 Å². The fraction of sp³-hybridized carbons (Fsp3) is 0.200. The number of hydrogen-bond donors (Lipinski definition) is 1. The standard InChI is InChI=1S/C8H7NO.C2HF3O2/c1-10-8-5-3-2-4-7(8)6-9;3-2(4,5)1(6)7/h2-5H,1H3;(H,6,7). The summed E-state index contributed by atoms with van der Waals surface area (Å²) in [6.45, 7) is 0. The van der Waals surface area contributed by atoms with Crippen LogP contribution in [0.25, 0.3) is 0 Å². The van der Waals surface area contributed by atoms with Crippen molar-refractivity contribution < 1.29 is 27.8 Å². The van der Waals surface area contributed by atoms with E-state index in [-0.39, 0.29) is 0 Å². The maximum atomic E-state index is 10.6. The van der Waals surface area contributed by atoms with E-state index in [9.17, 15) is 13.2 Å². The normalized spacial score (nSPS) is 9.59. The van der Waals surface area contributed by atoms with Gasteiger partial charge in [0.2, 0.25) is 0 Å². The van der Waals surface area contributed by atoms with Gasteiger partial charge in [0, 0.05) is 0 Å². The highest BCUT2D eigenvalue weighted by molar-refractivity contribution is 5.73. The largest absolute Gasteiger partial charge is 0.495 e. The monoisotopic (exact) mass is 247 g/mol. The van der Waals surface area contributed by atoms with Crippen molar-refractivity contribution in [1.29, 1.82) is 5.26 Å². The molecule has 0 fully saturated rings. The van der Waals surface area contributed by atoms with Crippen molar-refractivity contribution >= 4 is 5.97 Å². The van der Waals surface area contributed by atoms with Crippen molar-refractivity contribution in [3.8, 4) is 11.8 Å². The van der Waals surface area contributed by atoms with Gasteiger partial charge in [-0.1, -0.05) is 12.1 Å². The summed E-state index contributed by atoms with van der Waals surface area (Å²) in [5.41, 5.74) is 0.574. The van der Waals surface area contributed by atoms with Gasteiger partial charge in [0.1, 0.15) is 11.8 Å². The molecule has 0 saturated heterocycles. The smallest absolute Gasteiger partial charge is 0.490 e. The molecule has 7 heteroatoms. The number of para-hydroxylation sites is 1. The average Bonchev–Trinajstić information content (AvgIpc) is 2.28. The Labute approximate surface area is 94.9 Å². The summed E-state index contributed by atoms with van der Waals surface area (Å²) in [7, 11) is 1.55. The molecule has 0 unspecified atom stereocenters. The lowest BCUT2D eigenvalue weighted by Crippen LogP contribution is -2.21. The van der Waals surface area contributed by atoms with Crippen LogP contribution in [0.1, 0.15) is 5.56 Å². The van der Waals surface area contributed by atoms with Crippen LogP contribution in [0.2, 0.25) is 0 Å². The number of nitrogens with zero attached hydrogens (tertiary/aromatic N) is 1. The molecule has 0 aliphatic rings. The SMILES string of the molecule is COc1ccccc1C#N.O=C(O)C(F)(F)F. The lowest BCUT2D eigenvalue weighted by molar-refractivity contribution is -0.192. The Bertz CT molecular complexity index is 424. The Morgan fingerprint density at radius 3 is 2.18 bits per heavy atom. The summed E-state index contributed by atoms with van der Waals surface area (Å²) in [5, 5.41) is 15.6. The van der Waals surface area contributed by atoms with Crippen molar-refractivity contribution in [2.45, 2.75) is 6.18 Å². The molecule has 0 aromatic heterocycles. The third kappa shape index (κ3) is 5.41. The van der Waals surface area contributed by atoms with Gasteiger partial charge < -0.3 is 9.84 Å². The Morgan fingerprint density at radius 2 is 1.88 bits per heavy atom. The number of carboxylic acid groups (broad SMARTS) is 1. The van der Waals surface area contributed by atoms with Crippen LogP contribution in [0, 0.1) is 11.3 Å². The Balaban J connectivity index is 0.000000325. The predicted molar refractivity (Wildman–Crippen MR) is 51.4 cm³/mol. The number of methoxy groups -OCH3 is 1. The van der Waals surface area contributed by atoms with Gasteiger partial charge in [0.25, 0.3) is 0 Å². The van der Waals surface area contributed by atoms with Crippen LogP contribution in [0.5, 0.6) is 5.75 Å². The second-order valence-corrected chi connectivity index (χ2v) is 2.61. The maximum absolute atomic E-state index is 10.6. The van der Waals surface area contributed by atoms with Gasteiger partial charge in [-0.25, -0.2) is 4.79 Å². The summed E-state index contributed by atoms with van der Waals surface area (Å²) in [4.78, 5) is 8.90. The molecular weight excluding hydrogens is 239 g/mol. The number of halogens is 3. The maximum Gasteiger partial charge on any atom is 0.490 e. The summed E-state index contributed by atoms with van der Waals surface area (Å²) < 4.78 is 36.6. The van der Waals surface area contributed by atoms with Gasteiger partial charge >= 0.3 is 12.1 Å². The number of aliphatic carboxylic acids is 1. The van der Waals surface area contributed by atoms with E-state index in [1.807, 2.05) is 12.1 Å². The second-order valence-electron chi connectivity index (χ2n) is 2.61. The zero-order chi connectivity index (χ0) is 13.5. The number of nitriles is 1. The first kappa shape index (κ1) is 14.8. The number of benzene rings is 1. The minimum Gasteiger partial charge on any atom is -0.495 e. The number of alkyl halides is 3. The molecule has 92 valence electrons. The molecule has 17 heavy (non-hydrogen) atoms. The molecule has 0 bridgehead atoms. The first-order chi connectivity index (χ1) is 7.82. The predicted octanol–water partition coefficient (Wildman–Crippen LogP) is 2.20. The fourth-order valence-corrected chi connectivity index (χ4v) is 0.737.